The third kappa shape index (κ3) is 4.07. The molecular formula is C18H27BrFN. The van der Waals surface area contributed by atoms with Crippen LogP contribution in [-0.2, 0) is 0 Å². The number of halogens is 2. The quantitative estimate of drug-likeness (QED) is 0.713. The van der Waals surface area contributed by atoms with E-state index in [2.05, 4.69) is 42.0 Å². The normalized spacial score (nSPS) is 27.6. The van der Waals surface area contributed by atoms with Crippen LogP contribution in [0.2, 0.25) is 0 Å². The molecule has 1 aromatic carbocycles. The lowest BCUT2D eigenvalue weighted by molar-refractivity contribution is 0.169. The summed E-state index contributed by atoms with van der Waals surface area (Å²) < 4.78 is 15.1. The van der Waals surface area contributed by atoms with Crippen molar-refractivity contribution in [2.75, 3.05) is 6.54 Å². The molecule has 21 heavy (non-hydrogen) atoms. The number of hydrogen-bond acceptors (Lipinski definition) is 1. The smallest absolute Gasteiger partial charge is 0.142 e. The van der Waals surface area contributed by atoms with Crippen molar-refractivity contribution in [3.05, 3.63) is 34.1 Å². The van der Waals surface area contributed by atoms with Crippen molar-refractivity contribution < 1.29 is 4.39 Å². The fourth-order valence-corrected chi connectivity index (χ4v) is 3.86. The molecule has 0 heterocycles. The standard InChI is InChI=1S/C18H27BrFN/c1-4-10-21-18(14-9-8-12(2)13(3)11-14)15-6-5-7-16(19)17(15)20/h5-7,12-14,18,21H,4,8-11H2,1-3H3. The Kier molecular flexibility index (Phi) is 6.24. The Balaban J connectivity index is 2.23. The lowest BCUT2D eigenvalue weighted by Gasteiger charge is -2.37. The first-order valence-corrected chi connectivity index (χ1v) is 9.01. The Morgan fingerprint density at radius 3 is 2.71 bits per heavy atom. The number of benzene rings is 1. The summed E-state index contributed by atoms with van der Waals surface area (Å²) in [6.07, 6.45) is 4.71. The van der Waals surface area contributed by atoms with E-state index in [4.69, 9.17) is 0 Å². The lowest BCUT2D eigenvalue weighted by atomic mass is 9.72. The summed E-state index contributed by atoms with van der Waals surface area (Å²) in [6.45, 7) is 7.78. The molecule has 1 fully saturated rings. The van der Waals surface area contributed by atoms with Crippen LogP contribution in [0.5, 0.6) is 0 Å². The van der Waals surface area contributed by atoms with E-state index in [1.165, 1.54) is 19.3 Å². The highest BCUT2D eigenvalue weighted by atomic mass is 79.9. The monoisotopic (exact) mass is 355 g/mol. The van der Waals surface area contributed by atoms with Gasteiger partial charge in [-0.25, -0.2) is 4.39 Å². The van der Waals surface area contributed by atoms with Gasteiger partial charge in [-0.3, -0.25) is 0 Å². The molecule has 0 radical (unpaired) electrons. The van der Waals surface area contributed by atoms with E-state index in [1.807, 2.05) is 12.1 Å². The minimum Gasteiger partial charge on any atom is -0.310 e. The Labute approximate surface area is 136 Å². The van der Waals surface area contributed by atoms with E-state index in [9.17, 15) is 4.39 Å². The highest BCUT2D eigenvalue weighted by Crippen LogP contribution is 2.41. The molecule has 1 saturated carbocycles. The van der Waals surface area contributed by atoms with Gasteiger partial charge < -0.3 is 5.32 Å². The average Bonchev–Trinajstić information content (AvgIpc) is 2.47. The second-order valence-corrected chi connectivity index (χ2v) is 7.46. The third-order valence-corrected chi connectivity index (χ3v) is 5.65. The Bertz CT molecular complexity index is 463. The summed E-state index contributed by atoms with van der Waals surface area (Å²) in [5, 5.41) is 3.60. The van der Waals surface area contributed by atoms with Crippen molar-refractivity contribution >= 4 is 15.9 Å². The van der Waals surface area contributed by atoms with Gasteiger partial charge in [0, 0.05) is 11.6 Å². The van der Waals surface area contributed by atoms with Gasteiger partial charge in [-0.2, -0.15) is 0 Å². The maximum atomic E-state index is 14.5. The zero-order valence-corrected chi connectivity index (χ0v) is 14.9. The molecule has 0 saturated heterocycles. The summed E-state index contributed by atoms with van der Waals surface area (Å²) in [7, 11) is 0. The molecule has 0 aromatic heterocycles. The Hall–Kier alpha value is -0.410. The van der Waals surface area contributed by atoms with Crippen molar-refractivity contribution in [1.82, 2.24) is 5.32 Å². The van der Waals surface area contributed by atoms with Crippen molar-refractivity contribution in [2.24, 2.45) is 17.8 Å². The fourth-order valence-electron chi connectivity index (χ4n) is 3.48. The van der Waals surface area contributed by atoms with Gasteiger partial charge in [0.05, 0.1) is 4.47 Å². The van der Waals surface area contributed by atoms with E-state index < -0.39 is 0 Å². The van der Waals surface area contributed by atoms with Gasteiger partial charge in [-0.05, 0) is 65.6 Å². The van der Waals surface area contributed by atoms with Crippen LogP contribution in [0, 0.1) is 23.6 Å². The minimum atomic E-state index is -0.0996. The molecule has 0 aliphatic heterocycles. The molecule has 0 bridgehead atoms. The number of nitrogens with one attached hydrogen (secondary N) is 1. The van der Waals surface area contributed by atoms with Crippen LogP contribution in [-0.4, -0.2) is 6.54 Å². The summed E-state index contributed by atoms with van der Waals surface area (Å²) in [5.41, 5.74) is 0.824. The van der Waals surface area contributed by atoms with Crippen molar-refractivity contribution in [3.63, 3.8) is 0 Å². The van der Waals surface area contributed by atoms with E-state index >= 15 is 0 Å². The summed E-state index contributed by atoms with van der Waals surface area (Å²) >= 11 is 3.33. The van der Waals surface area contributed by atoms with Gasteiger partial charge in [-0.15, -0.1) is 0 Å². The largest absolute Gasteiger partial charge is 0.310 e. The lowest BCUT2D eigenvalue weighted by Crippen LogP contribution is -2.34. The van der Waals surface area contributed by atoms with E-state index in [1.54, 1.807) is 6.07 Å². The van der Waals surface area contributed by atoms with Gasteiger partial charge in [0.1, 0.15) is 5.82 Å². The predicted molar refractivity (Wildman–Crippen MR) is 90.8 cm³/mol. The van der Waals surface area contributed by atoms with Crippen LogP contribution < -0.4 is 5.32 Å². The van der Waals surface area contributed by atoms with E-state index in [-0.39, 0.29) is 11.9 Å². The van der Waals surface area contributed by atoms with Gasteiger partial charge in [-0.1, -0.05) is 39.3 Å². The zero-order chi connectivity index (χ0) is 15.4. The van der Waals surface area contributed by atoms with E-state index in [0.717, 1.165) is 30.4 Å². The molecule has 2 rings (SSSR count). The highest BCUT2D eigenvalue weighted by molar-refractivity contribution is 9.10. The molecule has 0 amide bonds. The number of hydrogen-bond donors (Lipinski definition) is 1. The summed E-state index contributed by atoms with van der Waals surface area (Å²) in [5.74, 6) is 1.95. The molecule has 1 N–H and O–H groups in total. The van der Waals surface area contributed by atoms with Crippen LogP contribution in [0.1, 0.15) is 58.1 Å². The van der Waals surface area contributed by atoms with Crippen molar-refractivity contribution in [2.45, 2.75) is 52.5 Å². The maximum Gasteiger partial charge on any atom is 0.142 e. The zero-order valence-electron chi connectivity index (χ0n) is 13.3. The Morgan fingerprint density at radius 1 is 1.29 bits per heavy atom. The molecule has 0 spiro atoms. The summed E-state index contributed by atoms with van der Waals surface area (Å²) in [4.78, 5) is 0. The maximum absolute atomic E-state index is 14.5. The fraction of sp³-hybridized carbons (Fsp3) is 0.667. The minimum absolute atomic E-state index is 0.0996. The van der Waals surface area contributed by atoms with Crippen molar-refractivity contribution in [3.8, 4) is 0 Å². The molecular weight excluding hydrogens is 329 g/mol. The van der Waals surface area contributed by atoms with Crippen molar-refractivity contribution in [1.29, 1.82) is 0 Å². The topological polar surface area (TPSA) is 12.0 Å². The van der Waals surface area contributed by atoms with Gasteiger partial charge in [0.2, 0.25) is 0 Å². The molecule has 1 aromatic rings. The SMILES string of the molecule is CCCNC(c1cccc(Br)c1F)C1CCC(C)C(C)C1. The first kappa shape index (κ1) is 17.0. The Morgan fingerprint density at radius 2 is 2.05 bits per heavy atom. The van der Waals surface area contributed by atoms with Gasteiger partial charge in [0.25, 0.3) is 0 Å². The van der Waals surface area contributed by atoms with Gasteiger partial charge in [0.15, 0.2) is 0 Å². The van der Waals surface area contributed by atoms with Gasteiger partial charge >= 0.3 is 0 Å². The molecule has 4 unspecified atom stereocenters. The van der Waals surface area contributed by atoms with Crippen LogP contribution in [0.25, 0.3) is 0 Å². The molecule has 3 heteroatoms. The average molecular weight is 356 g/mol. The predicted octanol–water partition coefficient (Wildman–Crippen LogP) is 5.70. The third-order valence-electron chi connectivity index (χ3n) is 5.04. The summed E-state index contributed by atoms with van der Waals surface area (Å²) in [6, 6.07) is 5.80. The first-order chi connectivity index (χ1) is 10.0. The number of rotatable bonds is 5. The van der Waals surface area contributed by atoms with E-state index in [0.29, 0.717) is 10.4 Å². The van der Waals surface area contributed by atoms with Crippen LogP contribution >= 0.6 is 15.9 Å². The molecule has 118 valence electrons. The van der Waals surface area contributed by atoms with Crippen LogP contribution in [0.4, 0.5) is 4.39 Å². The molecule has 1 aliphatic rings. The molecule has 4 atom stereocenters. The molecule has 1 aliphatic carbocycles. The van der Waals surface area contributed by atoms with Crippen LogP contribution in [0.3, 0.4) is 0 Å². The van der Waals surface area contributed by atoms with Crippen LogP contribution in [0.15, 0.2) is 22.7 Å². The molecule has 1 nitrogen and oxygen atoms in total. The highest BCUT2D eigenvalue weighted by Gasteiger charge is 2.32. The second kappa shape index (κ2) is 7.73. The first-order valence-electron chi connectivity index (χ1n) is 8.21. The second-order valence-electron chi connectivity index (χ2n) is 6.60.